The summed E-state index contributed by atoms with van der Waals surface area (Å²) >= 11 is 0. The molecule has 1 aliphatic heterocycles. The SMILES string of the molecule is [N-]=[N+]=NCC1CC(=O)N(c2ccc3[nH]c(=O)[nH]c3c2)C1. The van der Waals surface area contributed by atoms with Gasteiger partial charge in [0.1, 0.15) is 0 Å². The number of aromatic amines is 2. The Morgan fingerprint density at radius 1 is 1.35 bits per heavy atom. The highest BCUT2D eigenvalue weighted by molar-refractivity contribution is 5.97. The Morgan fingerprint density at radius 2 is 2.15 bits per heavy atom. The van der Waals surface area contributed by atoms with Gasteiger partial charge in [-0.25, -0.2) is 4.79 Å². The molecule has 102 valence electrons. The van der Waals surface area contributed by atoms with Crippen molar-refractivity contribution in [3.63, 3.8) is 0 Å². The number of H-pyrrole nitrogens is 2. The minimum Gasteiger partial charge on any atom is -0.312 e. The van der Waals surface area contributed by atoms with E-state index in [1.54, 1.807) is 23.1 Å². The number of nitrogens with zero attached hydrogens (tertiary/aromatic N) is 4. The molecule has 0 aliphatic carbocycles. The van der Waals surface area contributed by atoms with E-state index in [-0.39, 0.29) is 17.5 Å². The first-order chi connectivity index (χ1) is 9.67. The van der Waals surface area contributed by atoms with Gasteiger partial charge in [-0.05, 0) is 29.6 Å². The van der Waals surface area contributed by atoms with Gasteiger partial charge in [-0.1, -0.05) is 5.11 Å². The smallest absolute Gasteiger partial charge is 0.312 e. The Morgan fingerprint density at radius 3 is 2.95 bits per heavy atom. The Hall–Kier alpha value is -2.73. The number of amides is 1. The predicted octanol–water partition coefficient (Wildman–Crippen LogP) is 1.52. The van der Waals surface area contributed by atoms with Gasteiger partial charge < -0.3 is 14.9 Å². The van der Waals surface area contributed by atoms with E-state index in [2.05, 4.69) is 20.0 Å². The molecule has 8 nitrogen and oxygen atoms in total. The van der Waals surface area contributed by atoms with Crippen LogP contribution in [0.3, 0.4) is 0 Å². The number of carbonyl (C=O) groups excluding carboxylic acids is 1. The van der Waals surface area contributed by atoms with E-state index in [1.165, 1.54) is 0 Å². The van der Waals surface area contributed by atoms with Crippen molar-refractivity contribution < 1.29 is 4.79 Å². The number of azide groups is 1. The number of rotatable bonds is 3. The number of hydrogen-bond donors (Lipinski definition) is 2. The Bertz CT molecular complexity index is 770. The number of imidazole rings is 1. The Kier molecular flexibility index (Phi) is 2.92. The number of aromatic nitrogens is 2. The second kappa shape index (κ2) is 4.75. The second-order valence-electron chi connectivity index (χ2n) is 4.80. The fourth-order valence-corrected chi connectivity index (χ4v) is 2.49. The predicted molar refractivity (Wildman–Crippen MR) is 73.4 cm³/mol. The van der Waals surface area contributed by atoms with Gasteiger partial charge in [-0.2, -0.15) is 0 Å². The molecule has 3 rings (SSSR count). The van der Waals surface area contributed by atoms with Crippen LogP contribution in [0.4, 0.5) is 5.69 Å². The molecule has 1 fully saturated rings. The minimum atomic E-state index is -0.272. The van der Waals surface area contributed by atoms with Crippen LogP contribution in [-0.4, -0.2) is 29.0 Å². The second-order valence-corrected chi connectivity index (χ2v) is 4.80. The van der Waals surface area contributed by atoms with Crippen LogP contribution < -0.4 is 10.6 Å². The van der Waals surface area contributed by atoms with Gasteiger partial charge in [-0.15, -0.1) is 0 Å². The summed E-state index contributed by atoms with van der Waals surface area (Å²) in [6.07, 6.45) is 0.376. The van der Waals surface area contributed by atoms with Crippen LogP contribution in [0.1, 0.15) is 6.42 Å². The molecule has 20 heavy (non-hydrogen) atoms. The van der Waals surface area contributed by atoms with Crippen LogP contribution in [0.15, 0.2) is 28.1 Å². The number of hydrogen-bond acceptors (Lipinski definition) is 3. The lowest BCUT2D eigenvalue weighted by Gasteiger charge is -2.16. The molecular formula is C12H12N6O2. The van der Waals surface area contributed by atoms with Gasteiger partial charge in [-0.3, -0.25) is 4.79 Å². The molecule has 1 saturated heterocycles. The van der Waals surface area contributed by atoms with E-state index in [9.17, 15) is 9.59 Å². The van der Waals surface area contributed by atoms with E-state index in [4.69, 9.17) is 5.53 Å². The molecule has 1 atom stereocenters. The highest BCUT2D eigenvalue weighted by Gasteiger charge is 2.30. The van der Waals surface area contributed by atoms with E-state index >= 15 is 0 Å². The lowest BCUT2D eigenvalue weighted by molar-refractivity contribution is -0.117. The van der Waals surface area contributed by atoms with Gasteiger partial charge in [0, 0.05) is 30.1 Å². The molecule has 0 radical (unpaired) electrons. The summed E-state index contributed by atoms with van der Waals surface area (Å²) in [6, 6.07) is 5.32. The van der Waals surface area contributed by atoms with Crippen LogP contribution in [0.2, 0.25) is 0 Å². The first kappa shape index (κ1) is 12.3. The molecule has 1 unspecified atom stereocenters. The summed E-state index contributed by atoms with van der Waals surface area (Å²) in [7, 11) is 0. The lowest BCUT2D eigenvalue weighted by atomic mass is 10.1. The van der Waals surface area contributed by atoms with Crippen molar-refractivity contribution in [1.29, 1.82) is 0 Å². The van der Waals surface area contributed by atoms with Crippen molar-refractivity contribution in [3.8, 4) is 0 Å². The van der Waals surface area contributed by atoms with E-state index in [0.29, 0.717) is 30.5 Å². The standard InChI is InChI=1S/C12H12N6O2/c13-17-14-5-7-3-11(19)18(6-7)8-1-2-9-10(4-8)16-12(20)15-9/h1-2,4,7H,3,5-6H2,(H2,15,16,20). The Balaban J connectivity index is 1.88. The van der Waals surface area contributed by atoms with E-state index < -0.39 is 0 Å². The van der Waals surface area contributed by atoms with Gasteiger partial charge in [0.2, 0.25) is 5.91 Å². The van der Waals surface area contributed by atoms with Crippen molar-refractivity contribution in [2.24, 2.45) is 11.0 Å². The maximum atomic E-state index is 12.0. The van der Waals surface area contributed by atoms with Gasteiger partial charge >= 0.3 is 5.69 Å². The van der Waals surface area contributed by atoms with E-state index in [1.807, 2.05) is 0 Å². The third-order valence-electron chi connectivity index (χ3n) is 3.42. The molecule has 0 spiro atoms. The van der Waals surface area contributed by atoms with Crippen molar-refractivity contribution >= 4 is 22.6 Å². The zero-order chi connectivity index (χ0) is 14.1. The summed E-state index contributed by atoms with van der Waals surface area (Å²) in [5.74, 6) is 0.0414. The molecular weight excluding hydrogens is 260 g/mol. The first-order valence-electron chi connectivity index (χ1n) is 6.20. The monoisotopic (exact) mass is 272 g/mol. The summed E-state index contributed by atoms with van der Waals surface area (Å²) in [4.78, 5) is 32.9. The van der Waals surface area contributed by atoms with Crippen molar-refractivity contribution in [2.75, 3.05) is 18.0 Å². The molecule has 1 aromatic heterocycles. The molecule has 1 aromatic carbocycles. The maximum Gasteiger partial charge on any atom is 0.323 e. The molecule has 2 heterocycles. The van der Waals surface area contributed by atoms with Crippen molar-refractivity contribution in [2.45, 2.75) is 6.42 Å². The zero-order valence-corrected chi connectivity index (χ0v) is 10.5. The lowest BCUT2D eigenvalue weighted by Crippen LogP contribution is -2.24. The minimum absolute atomic E-state index is 0.000345. The summed E-state index contributed by atoms with van der Waals surface area (Å²) in [5.41, 5.74) is 10.2. The van der Waals surface area contributed by atoms with E-state index in [0.717, 1.165) is 5.69 Å². The summed E-state index contributed by atoms with van der Waals surface area (Å²) < 4.78 is 0. The van der Waals surface area contributed by atoms with Gasteiger partial charge in [0.15, 0.2) is 0 Å². The maximum absolute atomic E-state index is 12.0. The first-order valence-corrected chi connectivity index (χ1v) is 6.20. The number of carbonyl (C=O) groups is 1. The summed E-state index contributed by atoms with van der Waals surface area (Å²) in [6.45, 7) is 0.847. The molecule has 0 bridgehead atoms. The van der Waals surface area contributed by atoms with Gasteiger partial charge in [0.25, 0.3) is 0 Å². The molecule has 1 amide bonds. The average Bonchev–Trinajstić information content (AvgIpc) is 2.97. The highest BCUT2D eigenvalue weighted by atomic mass is 16.2. The quantitative estimate of drug-likeness (QED) is 0.500. The van der Waals surface area contributed by atoms with Crippen LogP contribution in [-0.2, 0) is 4.79 Å². The van der Waals surface area contributed by atoms with Crippen LogP contribution in [0.5, 0.6) is 0 Å². The normalized spacial score (nSPS) is 18.5. The molecule has 2 N–H and O–H groups in total. The number of benzene rings is 1. The highest BCUT2D eigenvalue weighted by Crippen LogP contribution is 2.27. The zero-order valence-electron chi connectivity index (χ0n) is 10.5. The van der Waals surface area contributed by atoms with Crippen molar-refractivity contribution in [1.82, 2.24) is 9.97 Å². The fraction of sp³-hybridized carbons (Fsp3) is 0.333. The van der Waals surface area contributed by atoms with Crippen LogP contribution in [0, 0.1) is 5.92 Å². The fourth-order valence-electron chi connectivity index (χ4n) is 2.49. The third-order valence-corrected chi connectivity index (χ3v) is 3.42. The molecule has 0 saturated carbocycles. The number of fused-ring (bicyclic) bond motifs is 1. The molecule has 1 aliphatic rings. The topological polar surface area (TPSA) is 118 Å². The Labute approximate surface area is 113 Å². The molecule has 2 aromatic rings. The molecule has 8 heteroatoms. The number of anilines is 1. The van der Waals surface area contributed by atoms with Gasteiger partial charge in [0.05, 0.1) is 11.0 Å². The van der Waals surface area contributed by atoms with Crippen molar-refractivity contribution in [3.05, 3.63) is 39.1 Å². The number of nitrogens with one attached hydrogen (secondary N) is 2. The third kappa shape index (κ3) is 2.12. The summed E-state index contributed by atoms with van der Waals surface area (Å²) in [5, 5.41) is 3.52. The van der Waals surface area contributed by atoms with Crippen LogP contribution in [0.25, 0.3) is 21.5 Å². The average molecular weight is 272 g/mol. The largest absolute Gasteiger partial charge is 0.323 e. The van der Waals surface area contributed by atoms with Crippen LogP contribution >= 0.6 is 0 Å².